The molecule has 1 atom stereocenters. The molecule has 0 bridgehead atoms. The first-order valence-electron chi connectivity index (χ1n) is 8.47. The lowest BCUT2D eigenvalue weighted by Gasteiger charge is -2.21. The highest BCUT2D eigenvalue weighted by Gasteiger charge is 2.42. The molecule has 0 radical (unpaired) electrons. The topological polar surface area (TPSA) is 69.6 Å². The van der Waals surface area contributed by atoms with Crippen LogP contribution in [0.15, 0.2) is 24.3 Å². The summed E-state index contributed by atoms with van der Waals surface area (Å²) >= 11 is 0. The summed E-state index contributed by atoms with van der Waals surface area (Å²) in [5.41, 5.74) is 1.79. The van der Waals surface area contributed by atoms with E-state index < -0.39 is 11.4 Å². The molecule has 1 saturated heterocycles. The fourth-order valence-corrected chi connectivity index (χ4v) is 2.91. The fraction of sp³-hybridized carbons (Fsp3) is 0.579. The number of carbonyl (C=O) groups excluding carboxylic acids is 1. The number of amides is 2. The van der Waals surface area contributed by atoms with Crippen molar-refractivity contribution in [3.63, 3.8) is 0 Å². The van der Waals surface area contributed by atoms with Crippen LogP contribution < -0.4 is 5.32 Å². The molecule has 1 aromatic carbocycles. The van der Waals surface area contributed by atoms with Crippen LogP contribution in [0.3, 0.4) is 0 Å². The van der Waals surface area contributed by atoms with Gasteiger partial charge < -0.3 is 15.3 Å². The lowest BCUT2D eigenvalue weighted by molar-refractivity contribution is -0.146. The van der Waals surface area contributed by atoms with E-state index in [2.05, 4.69) is 50.4 Å². The molecule has 1 aliphatic heterocycles. The summed E-state index contributed by atoms with van der Waals surface area (Å²) in [7, 11) is 0. The van der Waals surface area contributed by atoms with Gasteiger partial charge in [-0.3, -0.25) is 4.79 Å². The highest BCUT2D eigenvalue weighted by atomic mass is 16.4. The van der Waals surface area contributed by atoms with Gasteiger partial charge in [-0.2, -0.15) is 0 Å². The van der Waals surface area contributed by atoms with E-state index in [1.807, 2.05) is 0 Å². The van der Waals surface area contributed by atoms with Gasteiger partial charge in [0.25, 0.3) is 0 Å². The van der Waals surface area contributed by atoms with E-state index in [0.717, 1.165) is 6.42 Å². The summed E-state index contributed by atoms with van der Waals surface area (Å²) in [6.07, 6.45) is 1.27. The van der Waals surface area contributed by atoms with Crippen LogP contribution >= 0.6 is 0 Å². The van der Waals surface area contributed by atoms with Gasteiger partial charge in [-0.1, -0.05) is 45.0 Å². The van der Waals surface area contributed by atoms with Crippen LogP contribution in [-0.4, -0.2) is 41.6 Å². The Balaban J connectivity index is 1.80. The van der Waals surface area contributed by atoms with Crippen LogP contribution in [0.2, 0.25) is 0 Å². The number of urea groups is 1. The number of carboxylic acid groups (broad SMARTS) is 1. The molecular weight excluding hydrogens is 304 g/mol. The molecule has 1 unspecified atom stereocenters. The minimum absolute atomic E-state index is 0.138. The minimum Gasteiger partial charge on any atom is -0.481 e. The molecule has 2 amide bonds. The predicted octanol–water partition coefficient (Wildman–Crippen LogP) is 3.03. The molecule has 2 N–H and O–H groups in total. The molecule has 0 aromatic heterocycles. The zero-order valence-corrected chi connectivity index (χ0v) is 15.1. The largest absolute Gasteiger partial charge is 0.481 e. The summed E-state index contributed by atoms with van der Waals surface area (Å²) in [6.45, 7) is 9.56. The van der Waals surface area contributed by atoms with Gasteiger partial charge in [-0.25, -0.2) is 4.79 Å². The van der Waals surface area contributed by atoms with Crippen LogP contribution in [0.25, 0.3) is 0 Å². The van der Waals surface area contributed by atoms with Gasteiger partial charge >= 0.3 is 12.0 Å². The van der Waals surface area contributed by atoms with Crippen molar-refractivity contribution in [3.8, 4) is 0 Å². The van der Waals surface area contributed by atoms with E-state index >= 15 is 0 Å². The number of nitrogens with zero attached hydrogens (tertiary/aromatic N) is 1. The first kappa shape index (κ1) is 18.3. The SMILES string of the molecule is CC1(C(=O)O)CCN(C(=O)NCCc2ccc(C(C)(C)C)cc2)C1. The molecule has 2 rings (SSSR count). The molecule has 1 heterocycles. The Bertz CT molecular complexity index is 604. The monoisotopic (exact) mass is 332 g/mol. The molecule has 1 fully saturated rings. The summed E-state index contributed by atoms with van der Waals surface area (Å²) in [6, 6.07) is 8.30. The van der Waals surface area contributed by atoms with E-state index in [1.54, 1.807) is 11.8 Å². The lowest BCUT2D eigenvalue weighted by atomic mass is 9.86. The average molecular weight is 332 g/mol. The normalized spacial score (nSPS) is 20.9. The fourth-order valence-electron chi connectivity index (χ4n) is 2.91. The summed E-state index contributed by atoms with van der Waals surface area (Å²) in [5, 5.41) is 12.1. The van der Waals surface area contributed by atoms with Gasteiger partial charge in [0, 0.05) is 19.6 Å². The second-order valence-electron chi connectivity index (χ2n) is 7.97. The number of nitrogens with one attached hydrogen (secondary N) is 1. The smallest absolute Gasteiger partial charge is 0.317 e. The molecule has 5 nitrogen and oxygen atoms in total. The summed E-state index contributed by atoms with van der Waals surface area (Å²) in [5.74, 6) is -0.836. The van der Waals surface area contributed by atoms with Crippen molar-refractivity contribution < 1.29 is 14.7 Å². The van der Waals surface area contributed by atoms with Crippen LogP contribution in [-0.2, 0) is 16.6 Å². The Hall–Kier alpha value is -2.04. The van der Waals surface area contributed by atoms with Crippen molar-refractivity contribution in [2.75, 3.05) is 19.6 Å². The van der Waals surface area contributed by atoms with Crippen LogP contribution in [0.1, 0.15) is 45.2 Å². The van der Waals surface area contributed by atoms with Gasteiger partial charge in [-0.15, -0.1) is 0 Å². The zero-order valence-electron chi connectivity index (χ0n) is 15.1. The molecule has 1 aromatic rings. The molecule has 0 saturated carbocycles. The van der Waals surface area contributed by atoms with Crippen LogP contribution in [0.5, 0.6) is 0 Å². The Morgan fingerprint density at radius 2 is 1.88 bits per heavy atom. The predicted molar refractivity (Wildman–Crippen MR) is 94.2 cm³/mol. The Kier molecular flexibility index (Phi) is 5.21. The van der Waals surface area contributed by atoms with E-state index in [9.17, 15) is 14.7 Å². The van der Waals surface area contributed by atoms with Crippen molar-refractivity contribution in [2.24, 2.45) is 5.41 Å². The molecule has 0 spiro atoms. The highest BCUT2D eigenvalue weighted by Crippen LogP contribution is 2.30. The van der Waals surface area contributed by atoms with E-state index in [4.69, 9.17) is 0 Å². The van der Waals surface area contributed by atoms with Gasteiger partial charge in [-0.05, 0) is 36.3 Å². The number of likely N-dealkylation sites (tertiary alicyclic amines) is 1. The van der Waals surface area contributed by atoms with E-state index in [0.29, 0.717) is 19.5 Å². The van der Waals surface area contributed by atoms with Gasteiger partial charge in [0.15, 0.2) is 0 Å². The second kappa shape index (κ2) is 6.83. The van der Waals surface area contributed by atoms with Crippen LogP contribution in [0.4, 0.5) is 4.79 Å². The molecule has 1 aliphatic rings. The third kappa shape index (κ3) is 4.28. The molecular formula is C19H28N2O3. The maximum absolute atomic E-state index is 12.2. The maximum atomic E-state index is 12.2. The lowest BCUT2D eigenvalue weighted by Crippen LogP contribution is -2.41. The average Bonchev–Trinajstić information content (AvgIpc) is 2.91. The quantitative estimate of drug-likeness (QED) is 0.890. The number of benzene rings is 1. The van der Waals surface area contributed by atoms with Crippen molar-refractivity contribution in [1.82, 2.24) is 10.2 Å². The highest BCUT2D eigenvalue weighted by molar-refractivity contribution is 5.79. The van der Waals surface area contributed by atoms with Gasteiger partial charge in [0.1, 0.15) is 0 Å². The second-order valence-corrected chi connectivity index (χ2v) is 7.97. The van der Waals surface area contributed by atoms with Crippen molar-refractivity contribution in [1.29, 1.82) is 0 Å². The van der Waals surface area contributed by atoms with Crippen molar-refractivity contribution >= 4 is 12.0 Å². The Labute approximate surface area is 144 Å². The summed E-state index contributed by atoms with van der Waals surface area (Å²) in [4.78, 5) is 25.0. The van der Waals surface area contributed by atoms with Gasteiger partial charge in [0.2, 0.25) is 0 Å². The number of aliphatic carboxylic acids is 1. The number of rotatable bonds is 4. The number of hydrogen-bond acceptors (Lipinski definition) is 2. The Morgan fingerprint density at radius 1 is 1.25 bits per heavy atom. The van der Waals surface area contributed by atoms with Crippen molar-refractivity contribution in [2.45, 2.75) is 46.0 Å². The number of carboxylic acids is 1. The molecule has 24 heavy (non-hydrogen) atoms. The third-order valence-corrected chi connectivity index (χ3v) is 4.79. The zero-order chi connectivity index (χ0) is 18.0. The first-order chi connectivity index (χ1) is 11.1. The Morgan fingerprint density at radius 3 is 2.38 bits per heavy atom. The standard InChI is InChI=1S/C19H28N2O3/c1-18(2,3)15-7-5-14(6-8-15)9-11-20-17(24)21-12-10-19(4,13-21)16(22)23/h5-8H,9-13H2,1-4H3,(H,20,24)(H,22,23). The van der Waals surface area contributed by atoms with Crippen molar-refractivity contribution in [3.05, 3.63) is 35.4 Å². The maximum Gasteiger partial charge on any atom is 0.317 e. The summed E-state index contributed by atoms with van der Waals surface area (Å²) < 4.78 is 0. The van der Waals surface area contributed by atoms with E-state index in [-0.39, 0.29) is 18.0 Å². The number of hydrogen-bond donors (Lipinski definition) is 2. The number of carbonyl (C=O) groups is 2. The minimum atomic E-state index is -0.836. The molecule has 5 heteroatoms. The van der Waals surface area contributed by atoms with E-state index in [1.165, 1.54) is 11.1 Å². The molecule has 0 aliphatic carbocycles. The van der Waals surface area contributed by atoms with Gasteiger partial charge in [0.05, 0.1) is 5.41 Å². The first-order valence-corrected chi connectivity index (χ1v) is 8.47. The molecule has 132 valence electrons. The third-order valence-electron chi connectivity index (χ3n) is 4.79. The van der Waals surface area contributed by atoms with Crippen LogP contribution in [0, 0.1) is 5.41 Å².